The van der Waals surface area contributed by atoms with E-state index in [1.807, 2.05) is 17.8 Å². The lowest BCUT2D eigenvalue weighted by Crippen LogP contribution is -2.25. The van der Waals surface area contributed by atoms with Gasteiger partial charge < -0.3 is 14.9 Å². The van der Waals surface area contributed by atoms with Crippen LogP contribution in [0.4, 0.5) is 0 Å². The minimum Gasteiger partial charge on any atom is -0.342 e. The van der Waals surface area contributed by atoms with Gasteiger partial charge in [-0.15, -0.1) is 0 Å². The van der Waals surface area contributed by atoms with Crippen LogP contribution in [0.3, 0.4) is 0 Å². The number of aryl methyl sites for hydroxylation is 1. The highest BCUT2D eigenvalue weighted by Crippen LogP contribution is 1.94. The first-order valence-electron chi connectivity index (χ1n) is 4.51. The summed E-state index contributed by atoms with van der Waals surface area (Å²) in [6.07, 6.45) is 6.66. The predicted octanol–water partition coefficient (Wildman–Crippen LogP) is 0.0732. The molecular weight excluding hydrogens is 194 g/mol. The second-order valence-corrected chi connectivity index (χ2v) is 3.07. The van der Waals surface area contributed by atoms with E-state index in [4.69, 9.17) is 0 Å². The molecule has 0 fully saturated rings. The normalized spacial score (nSPS) is 10.2. The van der Waals surface area contributed by atoms with E-state index in [0.717, 1.165) is 5.82 Å². The number of nitrogens with one attached hydrogen (secondary N) is 2. The first-order chi connectivity index (χ1) is 7.27. The summed E-state index contributed by atoms with van der Waals surface area (Å²) in [4.78, 5) is 22.1. The summed E-state index contributed by atoms with van der Waals surface area (Å²) in [5.41, 5.74) is 0. The molecule has 0 bridgehead atoms. The third-order valence-electron chi connectivity index (χ3n) is 2.04. The number of aromatic nitrogens is 4. The number of hydrogen-bond acceptors (Lipinski definition) is 3. The summed E-state index contributed by atoms with van der Waals surface area (Å²) in [6.45, 7) is 0.392. The van der Waals surface area contributed by atoms with Crippen LogP contribution in [0.2, 0.25) is 0 Å². The molecule has 0 unspecified atom stereocenters. The van der Waals surface area contributed by atoms with E-state index >= 15 is 0 Å². The van der Waals surface area contributed by atoms with Gasteiger partial charge in [0, 0.05) is 31.8 Å². The van der Waals surface area contributed by atoms with Crippen molar-refractivity contribution in [2.45, 2.75) is 6.54 Å². The van der Waals surface area contributed by atoms with Crippen LogP contribution in [0.15, 0.2) is 24.8 Å². The van der Waals surface area contributed by atoms with Crippen molar-refractivity contribution in [3.63, 3.8) is 0 Å². The molecule has 2 aromatic heterocycles. The number of amides is 1. The van der Waals surface area contributed by atoms with E-state index in [1.165, 1.54) is 6.20 Å². The average Bonchev–Trinajstić information content (AvgIpc) is 2.85. The highest BCUT2D eigenvalue weighted by atomic mass is 16.2. The molecule has 2 N–H and O–H groups in total. The summed E-state index contributed by atoms with van der Waals surface area (Å²) in [5, 5.41) is 2.71. The van der Waals surface area contributed by atoms with Crippen LogP contribution in [0, 0.1) is 0 Å². The fourth-order valence-corrected chi connectivity index (χ4v) is 1.20. The van der Waals surface area contributed by atoms with Crippen molar-refractivity contribution in [1.29, 1.82) is 0 Å². The third kappa shape index (κ3) is 2.04. The molecule has 0 aliphatic carbocycles. The zero-order chi connectivity index (χ0) is 10.7. The first-order valence-corrected chi connectivity index (χ1v) is 4.51. The third-order valence-corrected chi connectivity index (χ3v) is 2.04. The summed E-state index contributed by atoms with van der Waals surface area (Å²) in [7, 11) is 1.88. The van der Waals surface area contributed by atoms with Gasteiger partial charge in [0.25, 0.3) is 5.91 Å². The summed E-state index contributed by atoms with van der Waals surface area (Å²) < 4.78 is 1.85. The molecule has 1 amide bonds. The molecule has 6 nitrogen and oxygen atoms in total. The van der Waals surface area contributed by atoms with Gasteiger partial charge in [-0.25, -0.2) is 9.97 Å². The molecule has 2 rings (SSSR count). The van der Waals surface area contributed by atoms with E-state index in [1.54, 1.807) is 12.4 Å². The molecule has 6 heteroatoms. The van der Waals surface area contributed by atoms with Crippen LogP contribution >= 0.6 is 0 Å². The van der Waals surface area contributed by atoms with Crippen molar-refractivity contribution in [3.05, 3.63) is 36.4 Å². The van der Waals surface area contributed by atoms with Crippen LogP contribution in [-0.4, -0.2) is 25.4 Å². The Morgan fingerprint density at radius 1 is 1.53 bits per heavy atom. The van der Waals surface area contributed by atoms with Gasteiger partial charge in [-0.3, -0.25) is 4.79 Å². The molecular formula is C9H11N5O. The lowest BCUT2D eigenvalue weighted by Gasteiger charge is -2.02. The van der Waals surface area contributed by atoms with Crippen LogP contribution in [0.1, 0.15) is 16.4 Å². The zero-order valence-corrected chi connectivity index (χ0v) is 8.27. The molecule has 0 aromatic carbocycles. The first kappa shape index (κ1) is 9.45. The van der Waals surface area contributed by atoms with Crippen molar-refractivity contribution >= 4 is 5.91 Å². The molecule has 78 valence electrons. The van der Waals surface area contributed by atoms with E-state index in [2.05, 4.69) is 20.3 Å². The Bertz CT molecular complexity index is 445. The molecule has 2 heterocycles. The Balaban J connectivity index is 1.95. The van der Waals surface area contributed by atoms with Gasteiger partial charge >= 0.3 is 0 Å². The number of rotatable bonds is 3. The maximum absolute atomic E-state index is 11.5. The summed E-state index contributed by atoms with van der Waals surface area (Å²) >= 11 is 0. The van der Waals surface area contributed by atoms with Crippen LogP contribution < -0.4 is 5.32 Å². The van der Waals surface area contributed by atoms with E-state index in [9.17, 15) is 4.79 Å². The van der Waals surface area contributed by atoms with Gasteiger partial charge in [-0.05, 0) is 0 Å². The maximum Gasteiger partial charge on any atom is 0.287 e. The highest BCUT2D eigenvalue weighted by molar-refractivity contribution is 5.90. The fourth-order valence-electron chi connectivity index (χ4n) is 1.20. The van der Waals surface area contributed by atoms with Crippen molar-refractivity contribution in [1.82, 2.24) is 24.8 Å². The number of nitrogens with zero attached hydrogens (tertiary/aromatic N) is 3. The molecule has 0 atom stereocenters. The fraction of sp³-hybridized carbons (Fsp3) is 0.222. The molecule has 0 spiro atoms. The van der Waals surface area contributed by atoms with E-state index < -0.39 is 0 Å². The number of carbonyl (C=O) groups is 1. The Morgan fingerprint density at radius 2 is 2.40 bits per heavy atom. The molecule has 0 aliphatic heterocycles. The molecule has 0 saturated carbocycles. The zero-order valence-electron chi connectivity index (χ0n) is 8.27. The van der Waals surface area contributed by atoms with Gasteiger partial charge in [0.1, 0.15) is 5.82 Å². The van der Waals surface area contributed by atoms with Crippen molar-refractivity contribution in [2.24, 2.45) is 7.05 Å². The topological polar surface area (TPSA) is 75.6 Å². The standard InChI is InChI=1S/C9H11N5O/c1-14-5-4-10-7(14)6-13-9(15)8-11-2-3-12-8/h2-5H,6H2,1H3,(H,11,12)(H,13,15). The number of H-pyrrole nitrogens is 1. The molecule has 0 aliphatic rings. The second-order valence-electron chi connectivity index (χ2n) is 3.07. The second kappa shape index (κ2) is 3.95. The minimum absolute atomic E-state index is 0.233. The highest BCUT2D eigenvalue weighted by Gasteiger charge is 2.08. The van der Waals surface area contributed by atoms with Gasteiger partial charge in [-0.2, -0.15) is 0 Å². The van der Waals surface area contributed by atoms with Crippen molar-refractivity contribution in [3.8, 4) is 0 Å². The number of carbonyl (C=O) groups excluding carboxylic acids is 1. The Morgan fingerprint density at radius 3 is 3.00 bits per heavy atom. The van der Waals surface area contributed by atoms with Gasteiger partial charge in [-0.1, -0.05) is 0 Å². The Kier molecular flexibility index (Phi) is 2.49. The number of hydrogen-bond donors (Lipinski definition) is 2. The molecule has 0 radical (unpaired) electrons. The van der Waals surface area contributed by atoms with Crippen LogP contribution in [0.5, 0.6) is 0 Å². The van der Waals surface area contributed by atoms with Gasteiger partial charge in [0.2, 0.25) is 0 Å². The summed E-state index contributed by atoms with van der Waals surface area (Å²) in [5.74, 6) is 0.877. The SMILES string of the molecule is Cn1ccnc1CNC(=O)c1ncc[nH]1. The van der Waals surface area contributed by atoms with Crippen molar-refractivity contribution < 1.29 is 4.79 Å². The van der Waals surface area contributed by atoms with E-state index in [-0.39, 0.29) is 5.91 Å². The molecule has 2 aromatic rings. The Labute approximate surface area is 86.4 Å². The van der Waals surface area contributed by atoms with Crippen LogP contribution in [0.25, 0.3) is 0 Å². The average molecular weight is 205 g/mol. The van der Waals surface area contributed by atoms with Crippen LogP contribution in [-0.2, 0) is 13.6 Å². The summed E-state index contributed by atoms with van der Waals surface area (Å²) in [6, 6.07) is 0. The van der Waals surface area contributed by atoms with Gasteiger partial charge in [0.05, 0.1) is 6.54 Å². The lowest BCUT2D eigenvalue weighted by molar-refractivity contribution is 0.0940. The van der Waals surface area contributed by atoms with E-state index in [0.29, 0.717) is 12.4 Å². The maximum atomic E-state index is 11.5. The number of imidazole rings is 2. The lowest BCUT2D eigenvalue weighted by atomic mass is 10.5. The smallest absolute Gasteiger partial charge is 0.287 e. The molecule has 0 saturated heterocycles. The minimum atomic E-state index is -0.233. The molecule has 15 heavy (non-hydrogen) atoms. The number of aromatic amines is 1. The van der Waals surface area contributed by atoms with Crippen molar-refractivity contribution in [2.75, 3.05) is 0 Å². The monoisotopic (exact) mass is 205 g/mol. The quantitative estimate of drug-likeness (QED) is 0.744. The van der Waals surface area contributed by atoms with Gasteiger partial charge in [0.15, 0.2) is 5.82 Å². The predicted molar refractivity (Wildman–Crippen MR) is 53.0 cm³/mol. The Hall–Kier alpha value is -2.11. The largest absolute Gasteiger partial charge is 0.342 e.